The number of hydrogen-bond acceptors (Lipinski definition) is 3. The molecule has 0 heterocycles. The fourth-order valence-electron chi connectivity index (χ4n) is 1.36. The molecule has 3 heteroatoms. The molecule has 0 aliphatic heterocycles. The highest BCUT2D eigenvalue weighted by atomic mass is 32.2. The molecule has 0 amide bonds. The van der Waals surface area contributed by atoms with Crippen molar-refractivity contribution in [2.24, 2.45) is 0 Å². The van der Waals surface area contributed by atoms with Crippen LogP contribution in [0.15, 0.2) is 29.2 Å². The summed E-state index contributed by atoms with van der Waals surface area (Å²) in [6.45, 7) is 4.53. The first kappa shape index (κ1) is 12.6. The van der Waals surface area contributed by atoms with Crippen LogP contribution in [0.1, 0.15) is 25.5 Å². The van der Waals surface area contributed by atoms with Crippen LogP contribution < -0.4 is 5.32 Å². The van der Waals surface area contributed by atoms with E-state index in [0.29, 0.717) is 6.54 Å². The third kappa shape index (κ3) is 4.24. The minimum absolute atomic E-state index is 0.288. The molecule has 1 rings (SSSR count). The fourth-order valence-corrected chi connectivity index (χ4v) is 1.77. The van der Waals surface area contributed by atoms with Gasteiger partial charge in [0.05, 0.1) is 6.10 Å². The summed E-state index contributed by atoms with van der Waals surface area (Å²) in [5.41, 5.74) is 1.26. The minimum atomic E-state index is -0.294. The van der Waals surface area contributed by atoms with Crippen molar-refractivity contribution < 1.29 is 5.11 Å². The topological polar surface area (TPSA) is 32.3 Å². The van der Waals surface area contributed by atoms with E-state index >= 15 is 0 Å². The fraction of sp³-hybridized carbons (Fsp3) is 0.500. The summed E-state index contributed by atoms with van der Waals surface area (Å²) in [5, 5.41) is 12.4. The zero-order chi connectivity index (χ0) is 11.3. The normalized spacial score (nSPS) is 14.9. The van der Waals surface area contributed by atoms with Crippen molar-refractivity contribution in [3.8, 4) is 0 Å². The summed E-state index contributed by atoms with van der Waals surface area (Å²) >= 11 is 1.75. The Morgan fingerprint density at radius 3 is 2.33 bits per heavy atom. The Labute approximate surface area is 96.1 Å². The van der Waals surface area contributed by atoms with Gasteiger partial charge in [0.2, 0.25) is 0 Å². The first-order valence-corrected chi connectivity index (χ1v) is 6.41. The summed E-state index contributed by atoms with van der Waals surface area (Å²) in [6, 6.07) is 8.80. The van der Waals surface area contributed by atoms with E-state index in [0.717, 1.165) is 0 Å². The molecule has 15 heavy (non-hydrogen) atoms. The van der Waals surface area contributed by atoms with Gasteiger partial charge in [0.15, 0.2) is 0 Å². The van der Waals surface area contributed by atoms with Crippen LogP contribution in [0.4, 0.5) is 0 Å². The predicted octanol–water partition coefficient (Wildman–Crippen LogP) is 2.44. The third-order valence-corrected chi connectivity index (χ3v) is 3.08. The van der Waals surface area contributed by atoms with Gasteiger partial charge in [0.25, 0.3) is 0 Å². The molecule has 0 fully saturated rings. The van der Waals surface area contributed by atoms with Crippen LogP contribution in [-0.2, 0) is 0 Å². The van der Waals surface area contributed by atoms with Gasteiger partial charge in [-0.3, -0.25) is 0 Å². The molecule has 0 saturated heterocycles. The van der Waals surface area contributed by atoms with E-state index in [1.165, 1.54) is 10.5 Å². The highest BCUT2D eigenvalue weighted by molar-refractivity contribution is 7.98. The molecule has 0 saturated carbocycles. The summed E-state index contributed by atoms with van der Waals surface area (Å²) in [6.07, 6.45) is 1.78. The van der Waals surface area contributed by atoms with Crippen LogP contribution >= 0.6 is 11.8 Å². The summed E-state index contributed by atoms with van der Waals surface area (Å²) in [7, 11) is 0. The van der Waals surface area contributed by atoms with Crippen molar-refractivity contribution in [1.29, 1.82) is 0 Å². The van der Waals surface area contributed by atoms with Crippen LogP contribution in [-0.4, -0.2) is 24.0 Å². The van der Waals surface area contributed by atoms with Gasteiger partial charge < -0.3 is 10.4 Å². The molecule has 2 nitrogen and oxygen atoms in total. The molecule has 1 aromatic carbocycles. The molecule has 84 valence electrons. The highest BCUT2D eigenvalue weighted by Crippen LogP contribution is 2.18. The number of rotatable bonds is 5. The zero-order valence-corrected chi connectivity index (χ0v) is 10.3. The maximum absolute atomic E-state index is 9.16. The molecule has 0 radical (unpaired) electrons. The van der Waals surface area contributed by atoms with Crippen LogP contribution in [0, 0.1) is 0 Å². The van der Waals surface area contributed by atoms with Gasteiger partial charge in [-0.05, 0) is 37.8 Å². The number of hydrogen-bond donors (Lipinski definition) is 2. The largest absolute Gasteiger partial charge is 0.392 e. The summed E-state index contributed by atoms with van der Waals surface area (Å²) < 4.78 is 0. The second kappa shape index (κ2) is 6.16. The lowest BCUT2D eigenvalue weighted by Gasteiger charge is -2.15. The molecule has 0 unspecified atom stereocenters. The Bertz CT molecular complexity index is 284. The molecular formula is C12H19NOS. The van der Waals surface area contributed by atoms with E-state index in [2.05, 4.69) is 42.8 Å². The minimum Gasteiger partial charge on any atom is -0.392 e. The van der Waals surface area contributed by atoms with E-state index in [9.17, 15) is 0 Å². The molecular weight excluding hydrogens is 206 g/mol. The molecule has 2 N–H and O–H groups in total. The maximum Gasteiger partial charge on any atom is 0.0636 e. The molecule has 1 aromatic rings. The first-order valence-electron chi connectivity index (χ1n) is 5.19. The second-order valence-electron chi connectivity index (χ2n) is 3.75. The number of aliphatic hydroxyl groups excluding tert-OH is 1. The number of aliphatic hydroxyl groups is 1. The van der Waals surface area contributed by atoms with Crippen molar-refractivity contribution in [3.05, 3.63) is 29.8 Å². The average Bonchev–Trinajstić information content (AvgIpc) is 2.26. The lowest BCUT2D eigenvalue weighted by atomic mass is 10.1. The molecule has 2 atom stereocenters. The SMILES string of the molecule is CSc1ccc([C@H](C)NC[C@@H](C)O)cc1. The summed E-state index contributed by atoms with van der Waals surface area (Å²) in [4.78, 5) is 1.28. The second-order valence-corrected chi connectivity index (χ2v) is 4.63. The van der Waals surface area contributed by atoms with Crippen LogP contribution in [0.3, 0.4) is 0 Å². The van der Waals surface area contributed by atoms with Gasteiger partial charge >= 0.3 is 0 Å². The maximum atomic E-state index is 9.16. The Morgan fingerprint density at radius 2 is 1.87 bits per heavy atom. The first-order chi connectivity index (χ1) is 7.13. The van der Waals surface area contributed by atoms with Gasteiger partial charge in [-0.1, -0.05) is 12.1 Å². The molecule has 0 aliphatic carbocycles. The van der Waals surface area contributed by atoms with Crippen LogP contribution in [0.25, 0.3) is 0 Å². The molecule has 0 spiro atoms. The van der Waals surface area contributed by atoms with Crippen molar-refractivity contribution in [3.63, 3.8) is 0 Å². The lowest BCUT2D eigenvalue weighted by molar-refractivity contribution is 0.187. The zero-order valence-electron chi connectivity index (χ0n) is 9.53. The Morgan fingerprint density at radius 1 is 1.27 bits per heavy atom. The average molecular weight is 225 g/mol. The third-order valence-electron chi connectivity index (χ3n) is 2.34. The smallest absolute Gasteiger partial charge is 0.0636 e. The monoisotopic (exact) mass is 225 g/mol. The van der Waals surface area contributed by atoms with Gasteiger partial charge in [-0.2, -0.15) is 0 Å². The van der Waals surface area contributed by atoms with E-state index in [-0.39, 0.29) is 12.1 Å². The Hall–Kier alpha value is -0.510. The van der Waals surface area contributed by atoms with Crippen LogP contribution in [0.2, 0.25) is 0 Å². The highest BCUT2D eigenvalue weighted by Gasteiger charge is 2.05. The molecule has 0 aromatic heterocycles. The van der Waals surface area contributed by atoms with Crippen molar-refractivity contribution in [1.82, 2.24) is 5.32 Å². The Kier molecular flexibility index (Phi) is 5.15. The quantitative estimate of drug-likeness (QED) is 0.755. The van der Waals surface area contributed by atoms with E-state index < -0.39 is 0 Å². The van der Waals surface area contributed by atoms with Gasteiger partial charge in [0.1, 0.15) is 0 Å². The number of thioether (sulfide) groups is 1. The van der Waals surface area contributed by atoms with Crippen LogP contribution in [0.5, 0.6) is 0 Å². The summed E-state index contributed by atoms with van der Waals surface area (Å²) in [5.74, 6) is 0. The van der Waals surface area contributed by atoms with E-state index in [1.54, 1.807) is 18.7 Å². The molecule has 0 bridgehead atoms. The number of nitrogens with one attached hydrogen (secondary N) is 1. The van der Waals surface area contributed by atoms with Gasteiger partial charge in [0, 0.05) is 17.5 Å². The standard InChI is InChI=1S/C12H19NOS/c1-9(14)8-13-10(2)11-4-6-12(15-3)7-5-11/h4-7,9-10,13-14H,8H2,1-3H3/t9-,10+/m1/s1. The van der Waals surface area contributed by atoms with E-state index in [1.807, 2.05) is 0 Å². The molecule has 0 aliphatic rings. The van der Waals surface area contributed by atoms with Crippen molar-refractivity contribution in [2.75, 3.05) is 12.8 Å². The van der Waals surface area contributed by atoms with Gasteiger partial charge in [-0.15, -0.1) is 11.8 Å². The number of benzene rings is 1. The Balaban J connectivity index is 2.54. The van der Waals surface area contributed by atoms with E-state index in [4.69, 9.17) is 5.11 Å². The van der Waals surface area contributed by atoms with Crippen molar-refractivity contribution in [2.45, 2.75) is 30.9 Å². The van der Waals surface area contributed by atoms with Crippen molar-refractivity contribution >= 4 is 11.8 Å². The van der Waals surface area contributed by atoms with Gasteiger partial charge in [-0.25, -0.2) is 0 Å². The lowest BCUT2D eigenvalue weighted by Crippen LogP contribution is -2.27. The predicted molar refractivity (Wildman–Crippen MR) is 66.3 cm³/mol.